The van der Waals surface area contributed by atoms with Gasteiger partial charge in [-0.3, -0.25) is 15.5 Å². The number of anilines is 2. The zero-order valence-electron chi connectivity index (χ0n) is 13.3. The van der Waals surface area contributed by atoms with Crippen LogP contribution in [0.15, 0.2) is 84.0 Å². The lowest BCUT2D eigenvalue weighted by atomic mass is 10.0. The SMILES string of the molecule is Nc1ccc(C(=NNc2ccccc2)c2ccccc2)cc1[N+](=O)[O-]. The van der Waals surface area contributed by atoms with Crippen LogP contribution in [0, 0.1) is 10.1 Å². The van der Waals surface area contributed by atoms with Crippen LogP contribution in [-0.2, 0) is 0 Å². The molecular formula is C19H16N4O2. The van der Waals surface area contributed by atoms with E-state index in [2.05, 4.69) is 10.5 Å². The van der Waals surface area contributed by atoms with E-state index in [4.69, 9.17) is 5.73 Å². The number of nitrogens with one attached hydrogen (secondary N) is 1. The number of benzene rings is 3. The van der Waals surface area contributed by atoms with Crippen LogP contribution in [0.2, 0.25) is 0 Å². The summed E-state index contributed by atoms with van der Waals surface area (Å²) in [5, 5.41) is 15.7. The van der Waals surface area contributed by atoms with Crippen molar-refractivity contribution >= 4 is 22.8 Å². The van der Waals surface area contributed by atoms with E-state index < -0.39 is 4.92 Å². The van der Waals surface area contributed by atoms with Gasteiger partial charge >= 0.3 is 0 Å². The van der Waals surface area contributed by atoms with E-state index >= 15 is 0 Å². The van der Waals surface area contributed by atoms with Crippen molar-refractivity contribution in [3.63, 3.8) is 0 Å². The van der Waals surface area contributed by atoms with Gasteiger partial charge in [0.05, 0.1) is 16.3 Å². The van der Waals surface area contributed by atoms with E-state index in [1.807, 2.05) is 60.7 Å². The summed E-state index contributed by atoms with van der Waals surface area (Å²) in [6.07, 6.45) is 0. The third kappa shape index (κ3) is 3.81. The maximum Gasteiger partial charge on any atom is 0.292 e. The second kappa shape index (κ2) is 7.27. The van der Waals surface area contributed by atoms with Gasteiger partial charge in [0, 0.05) is 17.2 Å². The molecule has 6 heteroatoms. The minimum absolute atomic E-state index is 0.122. The number of hydrogen-bond donors (Lipinski definition) is 2. The number of para-hydroxylation sites is 1. The largest absolute Gasteiger partial charge is 0.393 e. The number of nitro groups is 1. The summed E-state index contributed by atoms with van der Waals surface area (Å²) in [5.74, 6) is 0. The third-order valence-electron chi connectivity index (χ3n) is 3.62. The molecule has 0 aliphatic heterocycles. The van der Waals surface area contributed by atoms with E-state index in [0.29, 0.717) is 11.3 Å². The highest BCUT2D eigenvalue weighted by Gasteiger charge is 2.16. The maximum absolute atomic E-state index is 11.2. The number of nitrogen functional groups attached to an aromatic ring is 1. The Morgan fingerprint density at radius 3 is 2.20 bits per heavy atom. The molecule has 0 heterocycles. The van der Waals surface area contributed by atoms with Gasteiger partial charge in [0.15, 0.2) is 0 Å². The van der Waals surface area contributed by atoms with E-state index in [-0.39, 0.29) is 11.4 Å². The normalized spacial score (nSPS) is 11.1. The molecule has 0 radical (unpaired) electrons. The van der Waals surface area contributed by atoms with Crippen LogP contribution in [-0.4, -0.2) is 10.6 Å². The molecule has 0 aliphatic rings. The van der Waals surface area contributed by atoms with E-state index in [9.17, 15) is 10.1 Å². The van der Waals surface area contributed by atoms with Crippen LogP contribution in [0.25, 0.3) is 0 Å². The highest BCUT2D eigenvalue weighted by atomic mass is 16.6. The first-order valence-corrected chi connectivity index (χ1v) is 7.63. The first-order valence-electron chi connectivity index (χ1n) is 7.63. The number of rotatable bonds is 5. The zero-order chi connectivity index (χ0) is 17.6. The Hall–Kier alpha value is -3.67. The topological polar surface area (TPSA) is 93.5 Å². The van der Waals surface area contributed by atoms with E-state index in [1.54, 1.807) is 6.07 Å². The summed E-state index contributed by atoms with van der Waals surface area (Å²) >= 11 is 0. The summed E-state index contributed by atoms with van der Waals surface area (Å²) in [7, 11) is 0. The second-order valence-electron chi connectivity index (χ2n) is 5.33. The molecular weight excluding hydrogens is 316 g/mol. The zero-order valence-corrected chi connectivity index (χ0v) is 13.3. The average molecular weight is 332 g/mol. The number of nitrogens with two attached hydrogens (primary N) is 1. The minimum atomic E-state index is -0.494. The molecule has 3 aromatic rings. The molecule has 0 spiro atoms. The molecule has 25 heavy (non-hydrogen) atoms. The van der Waals surface area contributed by atoms with E-state index in [0.717, 1.165) is 11.3 Å². The fourth-order valence-electron chi connectivity index (χ4n) is 2.37. The van der Waals surface area contributed by atoms with Crippen LogP contribution < -0.4 is 11.2 Å². The van der Waals surface area contributed by atoms with Gasteiger partial charge in [0.1, 0.15) is 5.69 Å². The van der Waals surface area contributed by atoms with Gasteiger partial charge in [-0.2, -0.15) is 5.10 Å². The lowest BCUT2D eigenvalue weighted by Gasteiger charge is -2.09. The predicted molar refractivity (Wildman–Crippen MR) is 99.7 cm³/mol. The van der Waals surface area contributed by atoms with Gasteiger partial charge in [0.2, 0.25) is 0 Å². The maximum atomic E-state index is 11.2. The van der Waals surface area contributed by atoms with Crippen molar-refractivity contribution in [2.45, 2.75) is 0 Å². The summed E-state index contributed by atoms with van der Waals surface area (Å²) in [6, 6.07) is 23.6. The Kier molecular flexibility index (Phi) is 4.71. The molecule has 0 amide bonds. The molecule has 0 saturated carbocycles. The molecule has 0 fully saturated rings. The monoisotopic (exact) mass is 332 g/mol. The number of hydrazone groups is 1. The van der Waals surface area contributed by atoms with Crippen molar-refractivity contribution in [2.75, 3.05) is 11.2 Å². The highest BCUT2D eigenvalue weighted by molar-refractivity contribution is 6.13. The van der Waals surface area contributed by atoms with Crippen LogP contribution in [0.4, 0.5) is 17.1 Å². The molecule has 0 aliphatic carbocycles. The smallest absolute Gasteiger partial charge is 0.292 e. The van der Waals surface area contributed by atoms with Crippen molar-refractivity contribution < 1.29 is 4.92 Å². The molecule has 3 aromatic carbocycles. The van der Waals surface area contributed by atoms with Crippen LogP contribution in [0.5, 0.6) is 0 Å². The molecule has 0 atom stereocenters. The van der Waals surface area contributed by atoms with Gasteiger partial charge in [-0.05, 0) is 18.2 Å². The summed E-state index contributed by atoms with van der Waals surface area (Å²) in [5.41, 5.74) is 11.5. The quantitative estimate of drug-likeness (QED) is 0.319. The Morgan fingerprint density at radius 1 is 0.920 bits per heavy atom. The Morgan fingerprint density at radius 2 is 1.56 bits per heavy atom. The molecule has 0 bridgehead atoms. The standard InChI is InChI=1S/C19H16N4O2/c20-17-12-11-15(13-18(17)23(24)25)19(14-7-3-1-4-8-14)22-21-16-9-5-2-6-10-16/h1-13,21H,20H2. The molecule has 3 rings (SSSR count). The lowest BCUT2D eigenvalue weighted by Crippen LogP contribution is -2.08. The van der Waals surface area contributed by atoms with Gasteiger partial charge < -0.3 is 5.73 Å². The third-order valence-corrected chi connectivity index (χ3v) is 3.62. The summed E-state index contributed by atoms with van der Waals surface area (Å²) in [4.78, 5) is 10.7. The molecule has 3 N–H and O–H groups in total. The molecule has 0 aromatic heterocycles. The van der Waals surface area contributed by atoms with Crippen molar-refractivity contribution in [1.29, 1.82) is 0 Å². The van der Waals surface area contributed by atoms with Gasteiger partial charge in [-0.15, -0.1) is 0 Å². The Bertz CT molecular complexity index is 909. The molecule has 0 unspecified atom stereocenters. The number of nitro benzene ring substituents is 1. The lowest BCUT2D eigenvalue weighted by molar-refractivity contribution is -0.383. The first kappa shape index (κ1) is 16.2. The second-order valence-corrected chi connectivity index (χ2v) is 5.33. The van der Waals surface area contributed by atoms with Crippen molar-refractivity contribution in [3.8, 4) is 0 Å². The van der Waals surface area contributed by atoms with Gasteiger partial charge in [-0.25, -0.2) is 0 Å². The minimum Gasteiger partial charge on any atom is -0.393 e. The predicted octanol–water partition coefficient (Wildman–Crippen LogP) is 4.04. The molecule has 0 saturated heterocycles. The molecule has 6 nitrogen and oxygen atoms in total. The number of hydrogen-bond acceptors (Lipinski definition) is 5. The van der Waals surface area contributed by atoms with Gasteiger partial charge in [-0.1, -0.05) is 54.6 Å². The Balaban J connectivity index is 2.06. The summed E-state index contributed by atoms with van der Waals surface area (Å²) in [6.45, 7) is 0. The molecule has 124 valence electrons. The van der Waals surface area contributed by atoms with Crippen LogP contribution in [0.1, 0.15) is 11.1 Å². The van der Waals surface area contributed by atoms with Crippen molar-refractivity contribution in [2.24, 2.45) is 5.10 Å². The van der Waals surface area contributed by atoms with Gasteiger partial charge in [0.25, 0.3) is 5.69 Å². The van der Waals surface area contributed by atoms with Crippen LogP contribution >= 0.6 is 0 Å². The first-order chi connectivity index (χ1) is 12.1. The number of nitrogens with zero attached hydrogens (tertiary/aromatic N) is 2. The fraction of sp³-hybridized carbons (Fsp3) is 0. The Labute approximate surface area is 144 Å². The fourth-order valence-corrected chi connectivity index (χ4v) is 2.37. The summed E-state index contributed by atoms with van der Waals surface area (Å²) < 4.78 is 0. The average Bonchev–Trinajstić information content (AvgIpc) is 2.64. The van der Waals surface area contributed by atoms with E-state index in [1.165, 1.54) is 12.1 Å². The highest BCUT2D eigenvalue weighted by Crippen LogP contribution is 2.24. The van der Waals surface area contributed by atoms with Crippen molar-refractivity contribution in [1.82, 2.24) is 0 Å². The van der Waals surface area contributed by atoms with Crippen LogP contribution in [0.3, 0.4) is 0 Å². The van der Waals surface area contributed by atoms with Crippen molar-refractivity contribution in [3.05, 3.63) is 100 Å².